The number of hydrogen-bond acceptors (Lipinski definition) is 3. The number of carbonyl (C=O) groups excluding carboxylic acids is 1. The van der Waals surface area contributed by atoms with Crippen LogP contribution in [-0.2, 0) is 4.79 Å². The summed E-state index contributed by atoms with van der Waals surface area (Å²) in [4.78, 5) is 18.8. The van der Waals surface area contributed by atoms with E-state index >= 15 is 0 Å². The van der Waals surface area contributed by atoms with Gasteiger partial charge in [0, 0.05) is 12.2 Å². The number of nitrogens with zero attached hydrogens (tertiary/aromatic N) is 2. The summed E-state index contributed by atoms with van der Waals surface area (Å²) in [5, 5.41) is 3.45. The van der Waals surface area contributed by atoms with Crippen molar-refractivity contribution < 1.29 is 4.79 Å². The monoisotopic (exact) mass is 321 g/mol. The fourth-order valence-corrected chi connectivity index (χ4v) is 4.03. The lowest BCUT2D eigenvalue weighted by atomic mass is 9.83. The molecule has 0 spiro atoms. The SMILES string of the molecule is O=C(CN1CCCC1C1CCCCC1)Nc1ccc(Cl)cn1. The number of pyridine rings is 1. The van der Waals surface area contributed by atoms with Crippen LogP contribution in [0.1, 0.15) is 44.9 Å². The van der Waals surface area contributed by atoms with Gasteiger partial charge in [0.15, 0.2) is 0 Å². The van der Waals surface area contributed by atoms with Gasteiger partial charge in [0.2, 0.25) is 5.91 Å². The molecule has 2 aliphatic rings. The third kappa shape index (κ3) is 3.99. The minimum absolute atomic E-state index is 0.0255. The zero-order valence-corrected chi connectivity index (χ0v) is 13.7. The van der Waals surface area contributed by atoms with E-state index in [0.717, 1.165) is 12.5 Å². The van der Waals surface area contributed by atoms with Crippen molar-refractivity contribution in [3.05, 3.63) is 23.4 Å². The predicted molar refractivity (Wildman–Crippen MR) is 89.0 cm³/mol. The van der Waals surface area contributed by atoms with E-state index in [9.17, 15) is 4.79 Å². The highest BCUT2D eigenvalue weighted by Crippen LogP contribution is 2.34. The van der Waals surface area contributed by atoms with Gasteiger partial charge in [0.1, 0.15) is 5.82 Å². The molecule has 4 nitrogen and oxygen atoms in total. The zero-order valence-electron chi connectivity index (χ0n) is 12.9. The fraction of sp³-hybridized carbons (Fsp3) is 0.647. The molecule has 2 heterocycles. The van der Waals surface area contributed by atoms with Crippen LogP contribution in [0.5, 0.6) is 0 Å². The molecular formula is C17H24ClN3O. The van der Waals surface area contributed by atoms with Crippen molar-refractivity contribution in [2.75, 3.05) is 18.4 Å². The van der Waals surface area contributed by atoms with Crippen LogP contribution >= 0.6 is 11.6 Å². The zero-order chi connectivity index (χ0) is 15.4. The van der Waals surface area contributed by atoms with E-state index in [2.05, 4.69) is 15.2 Å². The fourth-order valence-electron chi connectivity index (χ4n) is 3.92. The number of carbonyl (C=O) groups is 1. The highest BCUT2D eigenvalue weighted by atomic mass is 35.5. The lowest BCUT2D eigenvalue weighted by Crippen LogP contribution is -2.41. The summed E-state index contributed by atoms with van der Waals surface area (Å²) < 4.78 is 0. The maximum Gasteiger partial charge on any atom is 0.239 e. The van der Waals surface area contributed by atoms with E-state index < -0.39 is 0 Å². The van der Waals surface area contributed by atoms with Crippen molar-refractivity contribution in [3.8, 4) is 0 Å². The van der Waals surface area contributed by atoms with E-state index in [4.69, 9.17) is 11.6 Å². The number of amides is 1. The molecule has 1 amide bonds. The van der Waals surface area contributed by atoms with E-state index in [0.29, 0.717) is 23.4 Å². The van der Waals surface area contributed by atoms with E-state index in [1.807, 2.05) is 0 Å². The third-order valence-corrected chi connectivity index (χ3v) is 5.17. The maximum atomic E-state index is 12.3. The van der Waals surface area contributed by atoms with E-state index in [-0.39, 0.29) is 5.91 Å². The van der Waals surface area contributed by atoms with Gasteiger partial charge in [-0.05, 0) is 50.3 Å². The molecule has 22 heavy (non-hydrogen) atoms. The van der Waals surface area contributed by atoms with Gasteiger partial charge < -0.3 is 5.32 Å². The first kappa shape index (κ1) is 15.8. The molecule has 1 aromatic rings. The number of likely N-dealkylation sites (tertiary alicyclic amines) is 1. The number of anilines is 1. The standard InChI is InChI=1S/C17H24ClN3O/c18-14-8-9-16(19-11-14)20-17(22)12-21-10-4-7-15(21)13-5-2-1-3-6-13/h8-9,11,13,15H,1-7,10,12H2,(H,19,20,22). The first-order chi connectivity index (χ1) is 10.7. The largest absolute Gasteiger partial charge is 0.310 e. The molecular weight excluding hydrogens is 298 g/mol. The second-order valence-corrected chi connectivity index (χ2v) is 6.92. The molecule has 1 aromatic heterocycles. The lowest BCUT2D eigenvalue weighted by Gasteiger charge is -2.33. The third-order valence-electron chi connectivity index (χ3n) is 4.95. The van der Waals surface area contributed by atoms with Crippen molar-refractivity contribution in [2.24, 2.45) is 5.92 Å². The number of hydrogen-bond donors (Lipinski definition) is 1. The summed E-state index contributed by atoms with van der Waals surface area (Å²) in [7, 11) is 0. The minimum Gasteiger partial charge on any atom is -0.310 e. The second kappa shape index (κ2) is 7.42. The first-order valence-corrected chi connectivity index (χ1v) is 8.75. The Morgan fingerprint density at radius 2 is 2.05 bits per heavy atom. The van der Waals surface area contributed by atoms with Gasteiger partial charge in [-0.3, -0.25) is 9.69 Å². The quantitative estimate of drug-likeness (QED) is 0.919. The van der Waals surface area contributed by atoms with Gasteiger partial charge in [-0.2, -0.15) is 0 Å². The van der Waals surface area contributed by atoms with Crippen LogP contribution in [0.4, 0.5) is 5.82 Å². The van der Waals surface area contributed by atoms with Crippen LogP contribution in [0.15, 0.2) is 18.3 Å². The number of aromatic nitrogens is 1. The molecule has 1 saturated heterocycles. The van der Waals surface area contributed by atoms with Crippen molar-refractivity contribution in [3.63, 3.8) is 0 Å². The second-order valence-electron chi connectivity index (χ2n) is 6.49. The van der Waals surface area contributed by atoms with Gasteiger partial charge in [0.25, 0.3) is 0 Å². The Labute approximate surface area is 137 Å². The van der Waals surface area contributed by atoms with E-state index in [1.165, 1.54) is 44.9 Å². The van der Waals surface area contributed by atoms with Crippen LogP contribution < -0.4 is 5.32 Å². The summed E-state index contributed by atoms with van der Waals surface area (Å²) in [5.74, 6) is 1.39. The van der Waals surface area contributed by atoms with Crippen LogP contribution in [-0.4, -0.2) is 34.9 Å². The maximum absolute atomic E-state index is 12.3. The van der Waals surface area contributed by atoms with Crippen LogP contribution in [0.25, 0.3) is 0 Å². The minimum atomic E-state index is 0.0255. The average molecular weight is 322 g/mol. The van der Waals surface area contributed by atoms with Crippen LogP contribution in [0, 0.1) is 5.92 Å². The molecule has 1 atom stereocenters. The Balaban J connectivity index is 1.54. The summed E-state index contributed by atoms with van der Waals surface area (Å²) in [6, 6.07) is 4.08. The van der Waals surface area contributed by atoms with Gasteiger partial charge >= 0.3 is 0 Å². The molecule has 0 radical (unpaired) electrons. The molecule has 120 valence electrons. The first-order valence-electron chi connectivity index (χ1n) is 8.38. The summed E-state index contributed by atoms with van der Waals surface area (Å²) in [5.41, 5.74) is 0. The summed E-state index contributed by atoms with van der Waals surface area (Å²) in [6.07, 6.45) is 10.8. The van der Waals surface area contributed by atoms with Crippen LogP contribution in [0.3, 0.4) is 0 Å². The highest BCUT2D eigenvalue weighted by Gasteiger charge is 2.33. The number of nitrogens with one attached hydrogen (secondary N) is 1. The Morgan fingerprint density at radius 3 is 2.77 bits per heavy atom. The number of halogens is 1. The molecule has 1 saturated carbocycles. The molecule has 2 fully saturated rings. The summed E-state index contributed by atoms with van der Waals surface area (Å²) in [6.45, 7) is 1.52. The summed E-state index contributed by atoms with van der Waals surface area (Å²) >= 11 is 5.81. The van der Waals surface area contributed by atoms with Gasteiger partial charge in [0.05, 0.1) is 11.6 Å². The lowest BCUT2D eigenvalue weighted by molar-refractivity contribution is -0.117. The smallest absolute Gasteiger partial charge is 0.239 e. The molecule has 3 rings (SSSR count). The highest BCUT2D eigenvalue weighted by molar-refractivity contribution is 6.30. The van der Waals surface area contributed by atoms with E-state index in [1.54, 1.807) is 18.3 Å². The molecule has 5 heteroatoms. The van der Waals surface area contributed by atoms with Gasteiger partial charge in [-0.25, -0.2) is 4.98 Å². The van der Waals surface area contributed by atoms with Crippen molar-refractivity contribution in [1.82, 2.24) is 9.88 Å². The van der Waals surface area contributed by atoms with Crippen molar-refractivity contribution >= 4 is 23.3 Å². The van der Waals surface area contributed by atoms with Crippen LogP contribution in [0.2, 0.25) is 5.02 Å². The van der Waals surface area contributed by atoms with Crippen molar-refractivity contribution in [1.29, 1.82) is 0 Å². The topological polar surface area (TPSA) is 45.2 Å². The van der Waals surface area contributed by atoms with Gasteiger partial charge in [-0.15, -0.1) is 0 Å². The predicted octanol–water partition coefficient (Wildman–Crippen LogP) is 3.72. The Hall–Kier alpha value is -1.13. The average Bonchev–Trinajstić information content (AvgIpc) is 2.98. The Kier molecular flexibility index (Phi) is 5.32. The molecule has 0 bridgehead atoms. The molecule has 0 aromatic carbocycles. The molecule has 1 aliphatic carbocycles. The van der Waals surface area contributed by atoms with Crippen molar-refractivity contribution in [2.45, 2.75) is 51.0 Å². The number of rotatable bonds is 4. The Bertz CT molecular complexity index is 499. The normalized spacial score (nSPS) is 23.6. The van der Waals surface area contributed by atoms with Gasteiger partial charge in [-0.1, -0.05) is 30.9 Å². The molecule has 1 N–H and O–H groups in total. The molecule has 1 unspecified atom stereocenters. The molecule has 1 aliphatic heterocycles. The Morgan fingerprint density at radius 1 is 1.23 bits per heavy atom.